The van der Waals surface area contributed by atoms with E-state index in [0.717, 1.165) is 0 Å². The van der Waals surface area contributed by atoms with E-state index < -0.39 is 0 Å². The Bertz CT molecular complexity index is 61.4. The highest BCUT2D eigenvalue weighted by atomic mass is 16.0. The second-order valence-corrected chi connectivity index (χ2v) is 0.652. The molecule has 0 radical (unpaired) electrons. The molecule has 1 heterocycles. The van der Waals surface area contributed by atoms with Gasteiger partial charge < -0.3 is 0 Å². The SMILES string of the molecule is c1nc[15nH][15n]1. The maximum Gasteiger partial charge on any atom is 0.137 e. The topological polar surface area (TPSA) is 41.6 Å². The van der Waals surface area contributed by atoms with Crippen LogP contribution >= 0.6 is 0 Å². The highest BCUT2D eigenvalue weighted by molar-refractivity contribution is 4.43. The standard InChI is InChI=1S/C2H3N3/c1-3-2-5-4-1/h1-2H,(H,3,4,5)/i4+1,5+1. The van der Waals surface area contributed by atoms with Crippen molar-refractivity contribution in [1.29, 1.82) is 0 Å². The fourth-order valence-electron chi connectivity index (χ4n) is 0.167. The third-order valence-electron chi connectivity index (χ3n) is 0.331. The smallest absolute Gasteiger partial charge is 0.137 e. The minimum atomic E-state index is 1.44. The first-order chi connectivity index (χ1) is 2.50. The molecule has 1 N–H and O–H groups in total. The average molecular weight is 71.1 g/mol. The number of hydrogen-bond donors (Lipinski definition) is 1. The summed E-state index contributed by atoms with van der Waals surface area (Å²) in [6.07, 6.45) is 2.96. The van der Waals surface area contributed by atoms with Crippen LogP contribution in [-0.4, -0.2) is 15.2 Å². The predicted octanol–water partition coefficient (Wildman–Crippen LogP) is -0.195. The normalized spacial score (nSPS) is 8.00. The van der Waals surface area contributed by atoms with Crippen molar-refractivity contribution >= 4 is 0 Å². The average Bonchev–Trinajstić information content (AvgIpc) is 1.76. The van der Waals surface area contributed by atoms with E-state index in [1.54, 1.807) is 0 Å². The molecule has 0 amide bonds. The van der Waals surface area contributed by atoms with Gasteiger partial charge in [0.05, 0.1) is 0 Å². The Kier molecular flexibility index (Phi) is 0.400. The van der Waals surface area contributed by atoms with Crippen molar-refractivity contribution < 1.29 is 0 Å². The summed E-state index contributed by atoms with van der Waals surface area (Å²) < 4.78 is 0. The zero-order valence-corrected chi connectivity index (χ0v) is 2.55. The first-order valence-electron chi connectivity index (χ1n) is 1.29. The van der Waals surface area contributed by atoms with Crippen molar-refractivity contribution in [2.24, 2.45) is 0 Å². The number of nitrogens with one attached hydrogen (secondary N) is 1. The van der Waals surface area contributed by atoms with Crippen LogP contribution in [-0.2, 0) is 0 Å². The fourth-order valence-corrected chi connectivity index (χ4v) is 0.167. The molecule has 0 atom stereocenters. The van der Waals surface area contributed by atoms with Crippen LogP contribution in [0.2, 0.25) is 0 Å². The molecule has 1 aromatic heterocycles. The van der Waals surface area contributed by atoms with Crippen LogP contribution in [0.15, 0.2) is 12.7 Å². The molecule has 0 aliphatic carbocycles. The minimum Gasteiger partial charge on any atom is -0.266 e. The van der Waals surface area contributed by atoms with Crippen LogP contribution in [0.4, 0.5) is 0 Å². The van der Waals surface area contributed by atoms with Gasteiger partial charge in [-0.2, -0.15) is 5.10 Å². The van der Waals surface area contributed by atoms with E-state index >= 15 is 0 Å². The molecule has 5 heavy (non-hydrogen) atoms. The highest BCUT2D eigenvalue weighted by Crippen LogP contribution is 1.53. The van der Waals surface area contributed by atoms with Gasteiger partial charge in [0.2, 0.25) is 0 Å². The third-order valence-corrected chi connectivity index (χ3v) is 0.331. The molecule has 0 saturated heterocycles. The van der Waals surface area contributed by atoms with E-state index in [1.807, 2.05) is 0 Å². The maximum atomic E-state index is 3.56. The van der Waals surface area contributed by atoms with Crippen molar-refractivity contribution in [2.45, 2.75) is 0 Å². The summed E-state index contributed by atoms with van der Waals surface area (Å²) in [5.41, 5.74) is 0. The van der Waals surface area contributed by atoms with Gasteiger partial charge in [-0.1, -0.05) is 0 Å². The first-order valence-corrected chi connectivity index (χ1v) is 1.29. The monoisotopic (exact) mass is 71.0 g/mol. The number of H-pyrrole nitrogens is 1. The molecule has 0 unspecified atom stereocenters. The summed E-state index contributed by atoms with van der Waals surface area (Å²) in [6, 6.07) is 0. The molecular formula is C2H3N3. The van der Waals surface area contributed by atoms with E-state index in [-0.39, 0.29) is 0 Å². The molecule has 26 valence electrons. The van der Waals surface area contributed by atoms with Crippen molar-refractivity contribution in [2.75, 3.05) is 0 Å². The predicted molar refractivity (Wildman–Crippen MR) is 16.4 cm³/mol. The van der Waals surface area contributed by atoms with Crippen LogP contribution < -0.4 is 0 Å². The van der Waals surface area contributed by atoms with Crippen LogP contribution in [0.25, 0.3) is 0 Å². The summed E-state index contributed by atoms with van der Waals surface area (Å²) in [5.74, 6) is 0. The molecule has 0 aromatic carbocycles. The quantitative estimate of drug-likeness (QED) is 0.460. The lowest BCUT2D eigenvalue weighted by Crippen LogP contribution is -1.53. The van der Waals surface area contributed by atoms with E-state index in [4.69, 9.17) is 0 Å². The van der Waals surface area contributed by atoms with Crippen molar-refractivity contribution in [1.82, 2.24) is 15.2 Å². The lowest BCUT2D eigenvalue weighted by atomic mass is 11.4. The van der Waals surface area contributed by atoms with Gasteiger partial charge in [-0.3, -0.25) is 5.10 Å². The lowest BCUT2D eigenvalue weighted by molar-refractivity contribution is 1.09. The van der Waals surface area contributed by atoms with Gasteiger partial charge in [0.15, 0.2) is 0 Å². The Labute approximate surface area is 29.0 Å². The van der Waals surface area contributed by atoms with Crippen molar-refractivity contribution in [3.05, 3.63) is 12.7 Å². The second-order valence-electron chi connectivity index (χ2n) is 0.652. The van der Waals surface area contributed by atoms with Gasteiger partial charge >= 0.3 is 0 Å². The molecule has 3 nitrogen and oxygen atoms in total. The van der Waals surface area contributed by atoms with E-state index in [9.17, 15) is 0 Å². The Hall–Kier alpha value is -0.860. The summed E-state index contributed by atoms with van der Waals surface area (Å²) >= 11 is 0. The molecule has 0 spiro atoms. The number of nitrogens with zero attached hydrogens (tertiary/aromatic N) is 2. The molecular weight excluding hydrogens is 68.0 g/mol. The second kappa shape index (κ2) is 0.839. The van der Waals surface area contributed by atoms with E-state index in [1.165, 1.54) is 12.7 Å². The minimum absolute atomic E-state index is 1.44. The van der Waals surface area contributed by atoms with Crippen molar-refractivity contribution in [3.63, 3.8) is 0 Å². The van der Waals surface area contributed by atoms with Gasteiger partial charge in [0, 0.05) is 0 Å². The number of hydrogen-bond acceptors (Lipinski definition) is 2. The third kappa shape index (κ3) is 0.238. The van der Waals surface area contributed by atoms with Gasteiger partial charge in [-0.15, -0.1) is 0 Å². The highest BCUT2D eigenvalue weighted by Gasteiger charge is 1.57. The van der Waals surface area contributed by atoms with Crippen LogP contribution in [0.1, 0.15) is 0 Å². The molecule has 0 saturated carbocycles. The Morgan fingerprint density at radius 3 is 2.80 bits per heavy atom. The van der Waals surface area contributed by atoms with Crippen LogP contribution in [0.5, 0.6) is 0 Å². The van der Waals surface area contributed by atoms with E-state index in [2.05, 4.69) is 15.2 Å². The fraction of sp³-hybridized carbons (Fsp3) is 0. The Morgan fingerprint density at radius 2 is 2.60 bits per heavy atom. The maximum absolute atomic E-state index is 3.56. The lowest BCUT2D eigenvalue weighted by Gasteiger charge is -1.46. The number of rotatable bonds is 0. The number of aromatic amines is 1. The summed E-state index contributed by atoms with van der Waals surface area (Å²) in [5, 5.41) is 5.99. The molecule has 1 rings (SSSR count). The molecule has 0 aliphatic heterocycles. The Balaban J connectivity index is 3.13. The first kappa shape index (κ1) is 2.38. The van der Waals surface area contributed by atoms with Gasteiger partial charge in [0.1, 0.15) is 12.7 Å². The van der Waals surface area contributed by atoms with Crippen LogP contribution in [0.3, 0.4) is 0 Å². The van der Waals surface area contributed by atoms with E-state index in [0.29, 0.717) is 0 Å². The molecule has 0 fully saturated rings. The molecule has 1 aromatic rings. The van der Waals surface area contributed by atoms with Gasteiger partial charge in [-0.05, 0) is 0 Å². The zero-order chi connectivity index (χ0) is 3.54. The summed E-state index contributed by atoms with van der Waals surface area (Å²) in [7, 11) is 0. The zero-order valence-electron chi connectivity index (χ0n) is 2.55. The number of aromatic nitrogens is 3. The van der Waals surface area contributed by atoms with Gasteiger partial charge in [0.25, 0.3) is 0 Å². The Morgan fingerprint density at radius 1 is 1.60 bits per heavy atom. The molecule has 0 bridgehead atoms. The van der Waals surface area contributed by atoms with Crippen LogP contribution in [0, 0.1) is 0 Å². The summed E-state index contributed by atoms with van der Waals surface area (Å²) in [6.45, 7) is 0. The van der Waals surface area contributed by atoms with Crippen molar-refractivity contribution in [3.8, 4) is 0 Å². The largest absolute Gasteiger partial charge is 0.266 e. The summed E-state index contributed by atoms with van der Waals surface area (Å²) in [4.78, 5) is 3.56. The van der Waals surface area contributed by atoms with Gasteiger partial charge in [-0.25, -0.2) is 4.98 Å². The molecule has 0 aliphatic rings. The molecule has 3 heteroatoms.